The van der Waals surface area contributed by atoms with Crippen LogP contribution >= 0.6 is 0 Å². The summed E-state index contributed by atoms with van der Waals surface area (Å²) in [5, 5.41) is 0. The molecule has 0 aliphatic heterocycles. The van der Waals surface area contributed by atoms with Crippen LogP contribution in [0.2, 0.25) is 0 Å². The van der Waals surface area contributed by atoms with Crippen LogP contribution in [0.1, 0.15) is 11.1 Å². The van der Waals surface area contributed by atoms with Gasteiger partial charge in [0, 0.05) is 0 Å². The van der Waals surface area contributed by atoms with E-state index in [9.17, 15) is 14.4 Å². The molecule has 0 aliphatic carbocycles. The minimum absolute atomic E-state index is 0.00417. The van der Waals surface area contributed by atoms with Crippen molar-refractivity contribution < 1.29 is 23.9 Å². The van der Waals surface area contributed by atoms with E-state index in [0.29, 0.717) is 6.29 Å². The lowest BCUT2D eigenvalue weighted by atomic mass is 10.0. The summed E-state index contributed by atoms with van der Waals surface area (Å²) in [6, 6.07) is 16.6. The molecule has 25 heavy (non-hydrogen) atoms. The summed E-state index contributed by atoms with van der Waals surface area (Å²) < 4.78 is 10.1. The van der Waals surface area contributed by atoms with Crippen LogP contribution in [0.25, 0.3) is 0 Å². The number of carbonyl (C=O) groups excluding carboxylic acids is 3. The Morgan fingerprint density at radius 1 is 0.840 bits per heavy atom. The number of hydrogen-bond acceptors (Lipinski definition) is 6. The Bertz CT molecular complexity index is 702. The second-order valence-corrected chi connectivity index (χ2v) is 5.37. The highest BCUT2D eigenvalue weighted by Gasteiger charge is 2.33. The van der Waals surface area contributed by atoms with Gasteiger partial charge in [-0.2, -0.15) is 0 Å². The van der Waals surface area contributed by atoms with Crippen molar-refractivity contribution >= 4 is 18.2 Å². The van der Waals surface area contributed by atoms with E-state index < -0.39 is 23.9 Å². The third-order valence-corrected chi connectivity index (χ3v) is 3.53. The maximum atomic E-state index is 12.0. The smallest absolute Gasteiger partial charge is 0.324 e. The van der Waals surface area contributed by atoms with Crippen LogP contribution in [0.3, 0.4) is 0 Å². The van der Waals surface area contributed by atoms with E-state index in [0.717, 1.165) is 11.1 Å². The second-order valence-electron chi connectivity index (χ2n) is 5.37. The molecule has 6 nitrogen and oxygen atoms in total. The third kappa shape index (κ3) is 5.54. The molecule has 0 saturated carbocycles. The molecule has 2 aromatic rings. The van der Waals surface area contributed by atoms with E-state index in [-0.39, 0.29) is 13.2 Å². The van der Waals surface area contributed by atoms with Crippen molar-refractivity contribution in [2.75, 3.05) is 0 Å². The summed E-state index contributed by atoms with van der Waals surface area (Å²) in [6.07, 6.45) is 0.307. The number of ether oxygens (including phenoxy) is 2. The fourth-order valence-electron chi connectivity index (χ4n) is 2.08. The first-order valence-electron chi connectivity index (χ1n) is 7.74. The highest BCUT2D eigenvalue weighted by molar-refractivity contribution is 5.95. The first kappa shape index (κ1) is 18.4. The lowest BCUT2D eigenvalue weighted by molar-refractivity contribution is -0.159. The summed E-state index contributed by atoms with van der Waals surface area (Å²) in [4.78, 5) is 35.2. The molecule has 0 saturated heterocycles. The van der Waals surface area contributed by atoms with Crippen LogP contribution < -0.4 is 5.73 Å². The predicted octanol–water partition coefficient (Wildman–Crippen LogP) is 1.62. The lowest BCUT2D eigenvalue weighted by Crippen LogP contribution is -2.44. The minimum Gasteiger partial charge on any atom is -0.460 e. The van der Waals surface area contributed by atoms with Crippen molar-refractivity contribution in [3.8, 4) is 0 Å². The molecule has 0 spiro atoms. The zero-order chi connectivity index (χ0) is 18.1. The van der Waals surface area contributed by atoms with Crippen LogP contribution in [-0.4, -0.2) is 24.3 Å². The number of rotatable bonds is 8. The van der Waals surface area contributed by atoms with Crippen LogP contribution in [-0.2, 0) is 37.1 Å². The Hall–Kier alpha value is -2.99. The van der Waals surface area contributed by atoms with Gasteiger partial charge in [-0.3, -0.25) is 9.59 Å². The van der Waals surface area contributed by atoms with Gasteiger partial charge < -0.3 is 20.0 Å². The van der Waals surface area contributed by atoms with Gasteiger partial charge in [0.05, 0.1) is 0 Å². The number of hydrogen-bond donors (Lipinski definition) is 1. The number of aldehydes is 1. The fraction of sp³-hybridized carbons (Fsp3) is 0.211. The highest BCUT2D eigenvalue weighted by Crippen LogP contribution is 2.09. The third-order valence-electron chi connectivity index (χ3n) is 3.53. The van der Waals surface area contributed by atoms with Gasteiger partial charge in [-0.15, -0.1) is 0 Å². The van der Waals surface area contributed by atoms with Gasteiger partial charge in [0.2, 0.25) is 0 Å². The fourth-order valence-corrected chi connectivity index (χ4v) is 2.08. The number of nitrogens with two attached hydrogens (primary N) is 1. The molecule has 2 atom stereocenters. The van der Waals surface area contributed by atoms with Crippen molar-refractivity contribution in [3.05, 3.63) is 71.8 Å². The summed E-state index contributed by atoms with van der Waals surface area (Å²) in [7, 11) is 0. The van der Waals surface area contributed by atoms with E-state index in [4.69, 9.17) is 15.2 Å². The van der Waals surface area contributed by atoms with Crippen molar-refractivity contribution in [1.82, 2.24) is 0 Å². The average molecular weight is 341 g/mol. The van der Waals surface area contributed by atoms with Crippen LogP contribution in [0.5, 0.6) is 0 Å². The molecule has 2 rings (SSSR count). The summed E-state index contributed by atoms with van der Waals surface area (Å²) in [5.74, 6) is -3.10. The molecule has 2 N–H and O–H groups in total. The second kappa shape index (κ2) is 9.34. The monoisotopic (exact) mass is 341 g/mol. The van der Waals surface area contributed by atoms with Gasteiger partial charge in [0.25, 0.3) is 0 Å². The Kier molecular flexibility index (Phi) is 6.86. The Labute approximate surface area is 145 Å². The van der Waals surface area contributed by atoms with Gasteiger partial charge in [0.1, 0.15) is 31.5 Å². The molecule has 2 aromatic carbocycles. The molecular formula is C19H19NO5. The molecule has 0 radical (unpaired) electrons. The maximum absolute atomic E-state index is 12.0. The molecule has 130 valence electrons. The van der Waals surface area contributed by atoms with Crippen LogP contribution in [0, 0.1) is 5.92 Å². The summed E-state index contributed by atoms with van der Waals surface area (Å²) >= 11 is 0. The Morgan fingerprint density at radius 2 is 1.28 bits per heavy atom. The zero-order valence-corrected chi connectivity index (χ0v) is 13.5. The number of esters is 2. The molecule has 0 aromatic heterocycles. The normalized spacial score (nSPS) is 12.7. The first-order chi connectivity index (χ1) is 12.1. The van der Waals surface area contributed by atoms with Gasteiger partial charge in [0.15, 0.2) is 0 Å². The highest BCUT2D eigenvalue weighted by atomic mass is 16.5. The van der Waals surface area contributed by atoms with Crippen molar-refractivity contribution in [2.24, 2.45) is 11.7 Å². The Balaban J connectivity index is 1.87. The average Bonchev–Trinajstić information content (AvgIpc) is 2.66. The first-order valence-corrected chi connectivity index (χ1v) is 7.74. The van der Waals surface area contributed by atoms with E-state index >= 15 is 0 Å². The van der Waals surface area contributed by atoms with Crippen molar-refractivity contribution in [1.29, 1.82) is 0 Å². The van der Waals surface area contributed by atoms with Crippen LogP contribution in [0.4, 0.5) is 0 Å². The summed E-state index contributed by atoms with van der Waals surface area (Å²) in [5.41, 5.74) is 7.24. The Morgan fingerprint density at radius 3 is 1.72 bits per heavy atom. The van der Waals surface area contributed by atoms with Gasteiger partial charge in [-0.25, -0.2) is 0 Å². The summed E-state index contributed by atoms with van der Waals surface area (Å²) in [6.45, 7) is 0.00775. The number of benzene rings is 2. The lowest BCUT2D eigenvalue weighted by Gasteiger charge is -2.17. The SMILES string of the molecule is N[C@H](C(=O)OCc1ccccc1)C(C=O)C(=O)OCc1ccccc1. The molecule has 0 fully saturated rings. The topological polar surface area (TPSA) is 95.7 Å². The zero-order valence-electron chi connectivity index (χ0n) is 13.5. The molecule has 0 bridgehead atoms. The molecule has 0 amide bonds. The molecule has 0 aliphatic rings. The standard InChI is InChI=1S/C19H19NO5/c20-17(19(23)25-13-15-9-5-2-6-10-15)16(11-21)18(22)24-12-14-7-3-1-4-8-14/h1-11,16-17H,12-13,20H2/t16?,17-/m0/s1. The molecule has 1 unspecified atom stereocenters. The minimum atomic E-state index is -1.41. The van der Waals surface area contributed by atoms with Crippen molar-refractivity contribution in [3.63, 3.8) is 0 Å². The quantitative estimate of drug-likeness (QED) is 0.445. The van der Waals surface area contributed by atoms with Crippen LogP contribution in [0.15, 0.2) is 60.7 Å². The van der Waals surface area contributed by atoms with E-state index in [1.165, 1.54) is 0 Å². The number of carbonyl (C=O) groups is 3. The van der Waals surface area contributed by atoms with Gasteiger partial charge in [-0.05, 0) is 11.1 Å². The molecule has 6 heteroatoms. The van der Waals surface area contributed by atoms with E-state index in [2.05, 4.69) is 0 Å². The molecular weight excluding hydrogens is 322 g/mol. The van der Waals surface area contributed by atoms with E-state index in [1.54, 1.807) is 48.5 Å². The predicted molar refractivity (Wildman–Crippen MR) is 90.0 cm³/mol. The van der Waals surface area contributed by atoms with Crippen molar-refractivity contribution in [2.45, 2.75) is 19.3 Å². The van der Waals surface area contributed by atoms with Gasteiger partial charge in [-0.1, -0.05) is 60.7 Å². The largest absolute Gasteiger partial charge is 0.460 e. The van der Waals surface area contributed by atoms with E-state index in [1.807, 2.05) is 12.1 Å². The molecule has 0 heterocycles. The van der Waals surface area contributed by atoms with Gasteiger partial charge >= 0.3 is 11.9 Å². The maximum Gasteiger partial charge on any atom is 0.324 e.